The molecule has 0 amide bonds. The first-order valence-electron chi connectivity index (χ1n) is 4.09. The average Bonchev–Trinajstić information content (AvgIpc) is 2.17. The van der Waals surface area contributed by atoms with Crippen LogP contribution in [0, 0.1) is 5.92 Å². The Bertz CT molecular complexity index is 368. The third-order valence-corrected chi connectivity index (χ3v) is 4.35. The minimum atomic E-state index is -2.04. The van der Waals surface area contributed by atoms with Gasteiger partial charge in [0.25, 0.3) is 0 Å². The van der Waals surface area contributed by atoms with Crippen LogP contribution in [0.2, 0.25) is 4.47 Å². The summed E-state index contributed by atoms with van der Waals surface area (Å²) in [7, 11) is -2.04. The summed E-state index contributed by atoms with van der Waals surface area (Å²) < 4.78 is 22.3. The van der Waals surface area contributed by atoms with Gasteiger partial charge in [-0.05, 0) is 0 Å². The Kier molecular flexibility index (Phi) is 4.24. The molecule has 2 nitrogen and oxygen atoms in total. The summed E-state index contributed by atoms with van der Waals surface area (Å²) in [4.78, 5) is 0.483. The molecule has 4 heteroatoms. The SMILES string of the molecule is CC(C[TeH])C1=CCC(=S(=O)=O)C=C1. The van der Waals surface area contributed by atoms with Crippen molar-refractivity contribution < 1.29 is 8.42 Å². The Labute approximate surface area is 93.2 Å². The van der Waals surface area contributed by atoms with Crippen LogP contribution in [0.5, 0.6) is 0 Å². The maximum atomic E-state index is 10.6. The molecule has 0 bridgehead atoms. The minimum absolute atomic E-state index is 0.483. The van der Waals surface area contributed by atoms with Gasteiger partial charge < -0.3 is 0 Å². The fourth-order valence-corrected chi connectivity index (χ4v) is 2.14. The summed E-state index contributed by atoms with van der Waals surface area (Å²) in [6.07, 6.45) is 6.18. The molecular formula is C9H12O2STe. The van der Waals surface area contributed by atoms with Gasteiger partial charge >= 0.3 is 93.4 Å². The fraction of sp³-hybridized carbons (Fsp3) is 0.444. The number of hydrogen-bond donors (Lipinski definition) is 0. The van der Waals surface area contributed by atoms with Gasteiger partial charge in [-0.3, -0.25) is 0 Å². The second-order valence-electron chi connectivity index (χ2n) is 3.03. The third kappa shape index (κ3) is 2.98. The van der Waals surface area contributed by atoms with Crippen molar-refractivity contribution in [3.05, 3.63) is 23.8 Å². The molecule has 0 radical (unpaired) electrons. The van der Waals surface area contributed by atoms with Crippen molar-refractivity contribution in [3.63, 3.8) is 0 Å². The molecule has 13 heavy (non-hydrogen) atoms. The number of allylic oxidation sites excluding steroid dienone is 4. The molecule has 1 unspecified atom stereocenters. The monoisotopic (exact) mass is 314 g/mol. The maximum absolute atomic E-state index is 10.6. The summed E-state index contributed by atoms with van der Waals surface area (Å²) in [6.45, 7) is 2.16. The van der Waals surface area contributed by atoms with E-state index in [9.17, 15) is 8.42 Å². The molecule has 1 aliphatic carbocycles. The van der Waals surface area contributed by atoms with Crippen molar-refractivity contribution in [1.29, 1.82) is 0 Å². The molecule has 0 aromatic heterocycles. The summed E-state index contributed by atoms with van der Waals surface area (Å²) in [5.74, 6) is 0.548. The molecule has 0 fully saturated rings. The molecular weight excluding hydrogens is 300 g/mol. The van der Waals surface area contributed by atoms with E-state index in [-0.39, 0.29) is 0 Å². The Morgan fingerprint density at radius 3 is 2.62 bits per heavy atom. The van der Waals surface area contributed by atoms with Gasteiger partial charge in [0.1, 0.15) is 0 Å². The zero-order valence-corrected chi connectivity index (χ0v) is 10.8. The molecule has 0 heterocycles. The van der Waals surface area contributed by atoms with Crippen molar-refractivity contribution >= 4 is 37.5 Å². The molecule has 0 aliphatic heterocycles. The topological polar surface area (TPSA) is 34.1 Å². The van der Waals surface area contributed by atoms with Crippen LogP contribution in [-0.2, 0) is 10.3 Å². The quantitative estimate of drug-likeness (QED) is 0.560. The van der Waals surface area contributed by atoms with E-state index in [4.69, 9.17) is 0 Å². The Hall–Kier alpha value is -0.0404. The van der Waals surface area contributed by atoms with E-state index in [1.54, 1.807) is 28.4 Å². The summed E-state index contributed by atoms with van der Waals surface area (Å²) in [5.41, 5.74) is 1.26. The second kappa shape index (κ2) is 4.99. The van der Waals surface area contributed by atoms with Gasteiger partial charge in [0.2, 0.25) is 0 Å². The van der Waals surface area contributed by atoms with Crippen molar-refractivity contribution in [1.82, 2.24) is 0 Å². The van der Waals surface area contributed by atoms with Crippen molar-refractivity contribution in [2.24, 2.45) is 5.92 Å². The molecule has 0 aromatic rings. The van der Waals surface area contributed by atoms with E-state index in [2.05, 4.69) is 6.92 Å². The normalized spacial score (nSPS) is 18.3. The molecule has 0 spiro atoms. The first-order valence-corrected chi connectivity index (χ1v) is 6.97. The van der Waals surface area contributed by atoms with Crippen molar-refractivity contribution in [2.75, 3.05) is 0 Å². The summed E-state index contributed by atoms with van der Waals surface area (Å²) in [5, 5.41) is 0. The molecule has 0 saturated carbocycles. The standard InChI is InChI=1S/C9H12O2STe/c1-7(6-13)8-2-4-9(5-3-8)12(10)11/h2-4,7,13H,5-6H2,1H3. The van der Waals surface area contributed by atoms with Gasteiger partial charge in [-0.15, -0.1) is 0 Å². The predicted octanol–water partition coefficient (Wildman–Crippen LogP) is 0.879. The van der Waals surface area contributed by atoms with E-state index >= 15 is 0 Å². The van der Waals surface area contributed by atoms with Crippen LogP contribution < -0.4 is 0 Å². The van der Waals surface area contributed by atoms with Gasteiger partial charge in [-0.25, -0.2) is 0 Å². The van der Waals surface area contributed by atoms with E-state index in [1.165, 1.54) is 5.57 Å². The predicted molar refractivity (Wildman–Crippen MR) is 56.9 cm³/mol. The van der Waals surface area contributed by atoms with Crippen LogP contribution in [0.3, 0.4) is 0 Å². The molecule has 1 atom stereocenters. The van der Waals surface area contributed by atoms with E-state index < -0.39 is 10.3 Å². The average molecular weight is 312 g/mol. The van der Waals surface area contributed by atoms with Gasteiger partial charge in [0, 0.05) is 0 Å². The van der Waals surface area contributed by atoms with Crippen LogP contribution in [0.1, 0.15) is 13.3 Å². The second-order valence-corrected chi connectivity index (χ2v) is 5.06. The van der Waals surface area contributed by atoms with E-state index in [0.29, 0.717) is 17.2 Å². The fourth-order valence-electron chi connectivity index (χ4n) is 1.14. The summed E-state index contributed by atoms with van der Waals surface area (Å²) >= 11 is 1.79. The van der Waals surface area contributed by atoms with Gasteiger partial charge in [0.05, 0.1) is 0 Å². The van der Waals surface area contributed by atoms with Crippen molar-refractivity contribution in [3.8, 4) is 0 Å². The van der Waals surface area contributed by atoms with Gasteiger partial charge in [-0.2, -0.15) is 0 Å². The van der Waals surface area contributed by atoms with Crippen LogP contribution >= 0.6 is 0 Å². The first kappa shape index (κ1) is 11.0. The van der Waals surface area contributed by atoms with E-state index in [1.807, 2.05) is 12.2 Å². The van der Waals surface area contributed by atoms with Gasteiger partial charge in [0.15, 0.2) is 0 Å². The molecule has 72 valence electrons. The van der Waals surface area contributed by atoms with Crippen molar-refractivity contribution in [2.45, 2.75) is 17.8 Å². The van der Waals surface area contributed by atoms with Crippen LogP contribution in [0.4, 0.5) is 0 Å². The van der Waals surface area contributed by atoms with Crippen LogP contribution in [0.15, 0.2) is 23.8 Å². The zero-order valence-electron chi connectivity index (χ0n) is 7.40. The van der Waals surface area contributed by atoms with Crippen LogP contribution in [-0.4, -0.2) is 35.6 Å². The first-order chi connectivity index (χ1) is 6.15. The molecule has 1 aliphatic rings. The van der Waals surface area contributed by atoms with Crippen LogP contribution in [0.25, 0.3) is 0 Å². The Balaban J connectivity index is 2.82. The Morgan fingerprint density at radius 1 is 1.54 bits per heavy atom. The Morgan fingerprint density at radius 2 is 2.23 bits per heavy atom. The van der Waals surface area contributed by atoms with Gasteiger partial charge in [-0.1, -0.05) is 0 Å². The molecule has 0 aromatic carbocycles. The third-order valence-electron chi connectivity index (χ3n) is 2.06. The number of rotatable bonds is 2. The zero-order chi connectivity index (χ0) is 9.84. The molecule has 0 saturated heterocycles. The molecule has 0 N–H and O–H groups in total. The number of hydrogen-bond acceptors (Lipinski definition) is 2. The van der Waals surface area contributed by atoms with E-state index in [0.717, 1.165) is 4.47 Å². The molecule has 1 rings (SSSR count). The summed E-state index contributed by atoms with van der Waals surface area (Å²) in [6, 6.07) is 0.